The van der Waals surface area contributed by atoms with Crippen LogP contribution in [0.1, 0.15) is 36.8 Å². The highest BCUT2D eigenvalue weighted by Gasteiger charge is 2.38. The van der Waals surface area contributed by atoms with Gasteiger partial charge in [0.25, 0.3) is 0 Å². The van der Waals surface area contributed by atoms with Gasteiger partial charge in [0.1, 0.15) is 17.2 Å². The molecule has 3 aliphatic heterocycles. The van der Waals surface area contributed by atoms with E-state index in [1.54, 1.807) is 5.01 Å². The third-order valence-electron chi connectivity index (χ3n) is 7.91. The lowest BCUT2D eigenvalue weighted by molar-refractivity contribution is -0.137. The molecule has 6 N–H and O–H groups in total. The van der Waals surface area contributed by atoms with E-state index in [1.807, 2.05) is 4.90 Å². The lowest BCUT2D eigenvalue weighted by atomic mass is 10.0. The number of alkyl halides is 3. The Bertz CT molecular complexity index is 1650. The summed E-state index contributed by atoms with van der Waals surface area (Å²) in [6.07, 6.45) is 0.788. The van der Waals surface area contributed by atoms with Crippen molar-refractivity contribution < 1.29 is 31.8 Å². The van der Waals surface area contributed by atoms with E-state index in [-0.39, 0.29) is 62.5 Å². The van der Waals surface area contributed by atoms with E-state index < -0.39 is 28.9 Å². The Labute approximate surface area is 253 Å². The molecule has 3 aliphatic rings. The number of aromatic nitrogens is 3. The maximum absolute atomic E-state index is 15.9. The van der Waals surface area contributed by atoms with Crippen LogP contribution in [0.3, 0.4) is 0 Å². The number of benzene rings is 1. The molecule has 3 atom stereocenters. The number of hydrogen-bond donors (Lipinski definition) is 4. The number of thiazole rings is 1. The second-order valence-corrected chi connectivity index (χ2v) is 11.8. The summed E-state index contributed by atoms with van der Waals surface area (Å²) in [5, 5.41) is 13.3. The number of rotatable bonds is 5. The summed E-state index contributed by atoms with van der Waals surface area (Å²) in [6, 6.07) is 1.19. The minimum atomic E-state index is -4.94. The minimum absolute atomic E-state index is 0.0948. The maximum Gasteiger partial charge on any atom is 0.417 e. The topological polar surface area (TPSA) is 139 Å². The Morgan fingerprint density at radius 2 is 1.93 bits per heavy atom. The number of hydrazine groups is 1. The van der Waals surface area contributed by atoms with Gasteiger partial charge in [-0.25, -0.2) is 18.8 Å². The lowest BCUT2D eigenvalue weighted by Crippen LogP contribution is -2.51. The molecule has 0 aliphatic carbocycles. The minimum Gasteiger partial charge on any atom is -0.467 e. The van der Waals surface area contributed by atoms with E-state index in [0.29, 0.717) is 24.4 Å². The number of nitrogen functional groups attached to an aromatic ring is 1. The number of fused-ring (bicyclic) bond motifs is 3. The fourth-order valence-electron chi connectivity index (χ4n) is 5.79. The average Bonchev–Trinajstić information content (AvgIpc) is 3.69. The van der Waals surface area contributed by atoms with E-state index in [0.717, 1.165) is 50.4 Å². The molecule has 0 saturated carbocycles. The molecule has 6 rings (SSSR count). The highest BCUT2D eigenvalue weighted by molar-refractivity contribution is 7.13. The Balaban J connectivity index is 0.000000418. The van der Waals surface area contributed by atoms with Crippen molar-refractivity contribution in [2.75, 3.05) is 44.0 Å². The second-order valence-electron chi connectivity index (χ2n) is 10.8. The highest BCUT2D eigenvalue weighted by Crippen LogP contribution is 2.40. The van der Waals surface area contributed by atoms with Crippen molar-refractivity contribution >= 4 is 45.1 Å². The van der Waals surface area contributed by atoms with Gasteiger partial charge in [0, 0.05) is 48.7 Å². The van der Waals surface area contributed by atoms with Crippen LogP contribution in [0.25, 0.3) is 22.8 Å². The van der Waals surface area contributed by atoms with Crippen molar-refractivity contribution in [3.8, 4) is 6.01 Å². The van der Waals surface area contributed by atoms with Gasteiger partial charge in [-0.3, -0.25) is 5.84 Å². The van der Waals surface area contributed by atoms with Crippen LogP contribution in [0, 0.1) is 5.82 Å². The van der Waals surface area contributed by atoms with Gasteiger partial charge in [0.05, 0.1) is 29.2 Å². The second kappa shape index (κ2) is 12.9. The number of methoxy groups -OCH3 is 1. The first kappa shape index (κ1) is 32.0. The molecule has 0 radical (unpaired) electrons. The van der Waals surface area contributed by atoms with Gasteiger partial charge in [0.15, 0.2) is 10.9 Å². The first-order valence-corrected chi connectivity index (χ1v) is 14.8. The van der Waals surface area contributed by atoms with Crippen LogP contribution in [-0.2, 0) is 6.18 Å². The number of anilines is 2. The molecule has 3 unspecified atom stereocenters. The van der Waals surface area contributed by atoms with Gasteiger partial charge < -0.3 is 25.8 Å². The molecule has 3 fully saturated rings. The number of nitrogens with zero attached hydrogens (tertiary/aromatic N) is 5. The molecule has 0 amide bonds. The van der Waals surface area contributed by atoms with E-state index in [1.165, 1.54) is 7.11 Å². The van der Waals surface area contributed by atoms with Crippen LogP contribution in [0.2, 0.25) is 0 Å². The van der Waals surface area contributed by atoms with Crippen LogP contribution in [0.5, 0.6) is 6.01 Å². The Hall–Kier alpha value is -3.44. The number of aliphatic hydroxyl groups excluding tert-OH is 1. The molecule has 238 valence electrons. The molecule has 16 heteroatoms. The molecule has 44 heavy (non-hydrogen) atoms. The van der Waals surface area contributed by atoms with Crippen molar-refractivity contribution in [3.05, 3.63) is 45.5 Å². The highest BCUT2D eigenvalue weighted by atomic mass is 32.1. The normalized spacial score (nSPS) is 23.1. The largest absolute Gasteiger partial charge is 0.467 e. The van der Waals surface area contributed by atoms with E-state index in [4.69, 9.17) is 21.4 Å². The summed E-state index contributed by atoms with van der Waals surface area (Å²) >= 11 is 0.713. The number of halogens is 5. The zero-order chi connectivity index (χ0) is 31.8. The molecule has 2 bridgehead atoms. The summed E-state index contributed by atoms with van der Waals surface area (Å²) in [5.74, 6) is 3.53. The third-order valence-corrected chi connectivity index (χ3v) is 8.82. The standard InChI is InChI=1S/C23H21F5N6OS.C5H12N2O/c1-3-15(24)19-16(31-21(29)36-19)7-12-14(23(26,27)28)6-13-18(17(12)25)32-22(35-2)33-20(13)34-8-10-4-5-11(9-34)30-10;6-7-3-1-2-5(7)4-8/h3,6-7,10-11,30H,1,4-5,8-9H2,2H3,(H2,29,31);5,8H,1-4,6H2/b16-7-,19-15-;. The molecule has 1 aromatic carbocycles. The number of nitrogens with two attached hydrogens (primary N) is 2. The van der Waals surface area contributed by atoms with E-state index in [2.05, 4.69) is 26.8 Å². The van der Waals surface area contributed by atoms with E-state index in [9.17, 15) is 17.6 Å². The van der Waals surface area contributed by atoms with Crippen molar-refractivity contribution in [3.63, 3.8) is 0 Å². The number of ether oxygens (including phenoxy) is 1. The summed E-state index contributed by atoms with van der Waals surface area (Å²) < 4.78 is 77.9. The predicted molar refractivity (Wildman–Crippen MR) is 158 cm³/mol. The van der Waals surface area contributed by atoms with Crippen molar-refractivity contribution in [2.45, 2.75) is 50.0 Å². The molecule has 10 nitrogen and oxygen atoms in total. The van der Waals surface area contributed by atoms with Gasteiger partial charge in [-0.1, -0.05) is 17.9 Å². The fourth-order valence-corrected chi connectivity index (χ4v) is 6.53. The summed E-state index contributed by atoms with van der Waals surface area (Å²) in [4.78, 5) is 14.1. The molecule has 0 spiro atoms. The van der Waals surface area contributed by atoms with Gasteiger partial charge >= 0.3 is 12.2 Å². The van der Waals surface area contributed by atoms with Crippen LogP contribution in [-0.4, -0.2) is 76.5 Å². The summed E-state index contributed by atoms with van der Waals surface area (Å²) in [7, 11) is 1.29. The van der Waals surface area contributed by atoms with Crippen LogP contribution < -0.4 is 36.4 Å². The molecule has 3 aromatic rings. The molecule has 2 aromatic heterocycles. The van der Waals surface area contributed by atoms with Crippen molar-refractivity contribution in [2.24, 2.45) is 5.84 Å². The Morgan fingerprint density at radius 1 is 1.23 bits per heavy atom. The quantitative estimate of drug-likeness (QED) is 0.243. The van der Waals surface area contributed by atoms with Crippen LogP contribution in [0.4, 0.5) is 32.9 Å². The van der Waals surface area contributed by atoms with Gasteiger partial charge in [-0.15, -0.1) is 0 Å². The molecule has 3 saturated heterocycles. The summed E-state index contributed by atoms with van der Waals surface area (Å²) in [6.45, 7) is 5.46. The first-order valence-electron chi connectivity index (χ1n) is 14.0. The fraction of sp³-hybridized carbons (Fsp3) is 0.464. The summed E-state index contributed by atoms with van der Waals surface area (Å²) in [5.41, 5.74) is 3.20. The smallest absolute Gasteiger partial charge is 0.417 e. The van der Waals surface area contributed by atoms with Gasteiger partial charge in [-0.05, 0) is 43.9 Å². The molecular formula is C28H33F5N8O2S. The number of piperazine rings is 1. The molecule has 5 heterocycles. The lowest BCUT2D eigenvalue weighted by Gasteiger charge is -2.34. The third kappa shape index (κ3) is 6.49. The zero-order valence-corrected chi connectivity index (χ0v) is 24.7. The first-order chi connectivity index (χ1) is 20.9. The number of aliphatic hydroxyl groups is 1. The molecular weight excluding hydrogens is 607 g/mol. The number of allylic oxidation sites excluding steroid dienone is 1. The number of hydrogen-bond acceptors (Lipinski definition) is 11. The Morgan fingerprint density at radius 3 is 2.48 bits per heavy atom. The van der Waals surface area contributed by atoms with Gasteiger partial charge in [0.2, 0.25) is 0 Å². The van der Waals surface area contributed by atoms with Gasteiger partial charge in [-0.2, -0.15) is 23.1 Å². The monoisotopic (exact) mass is 640 g/mol. The Kier molecular flexibility index (Phi) is 9.36. The zero-order valence-electron chi connectivity index (χ0n) is 23.9. The maximum atomic E-state index is 15.9. The van der Waals surface area contributed by atoms with Crippen molar-refractivity contribution in [1.29, 1.82) is 0 Å². The predicted octanol–water partition coefficient (Wildman–Crippen LogP) is 2.18. The van der Waals surface area contributed by atoms with Crippen LogP contribution >= 0.6 is 11.3 Å². The SMILES string of the molecule is C=C/C(F)=c1/sc(N)n/c1=C\c1c(C(F)(F)F)cc2c(N3CC4CCC(C3)N4)nc(OC)nc2c1F.NN1CCCC1CO. The average molecular weight is 641 g/mol. The van der Waals surface area contributed by atoms with E-state index >= 15 is 4.39 Å². The van der Waals surface area contributed by atoms with Crippen molar-refractivity contribution in [1.82, 2.24) is 25.3 Å². The number of nitrogens with one attached hydrogen (secondary N) is 1. The van der Waals surface area contributed by atoms with Crippen LogP contribution in [0.15, 0.2) is 18.7 Å².